The van der Waals surface area contributed by atoms with Crippen molar-refractivity contribution >= 4 is 33.0 Å². The zero-order chi connectivity index (χ0) is 22.0. The smallest absolute Gasteiger partial charge is 0.286 e. The van der Waals surface area contributed by atoms with Gasteiger partial charge in [0.1, 0.15) is 21.5 Å². The van der Waals surface area contributed by atoms with Crippen LogP contribution in [0.3, 0.4) is 0 Å². The molecule has 1 N–H and O–H groups in total. The normalized spacial score (nSPS) is 17.4. The molecule has 1 aliphatic heterocycles. The number of amides is 1. The van der Waals surface area contributed by atoms with Crippen LogP contribution in [0.2, 0.25) is 0 Å². The van der Waals surface area contributed by atoms with E-state index < -0.39 is 32.5 Å². The Morgan fingerprint density at radius 1 is 1.13 bits per heavy atom. The predicted octanol–water partition coefficient (Wildman–Crippen LogP) is 3.64. The Morgan fingerprint density at radius 3 is 2.65 bits per heavy atom. The third-order valence-corrected chi connectivity index (χ3v) is 7.89. The first-order valence-corrected chi connectivity index (χ1v) is 11.8. The molecule has 0 saturated carbocycles. The van der Waals surface area contributed by atoms with E-state index in [2.05, 4.69) is 15.5 Å². The molecule has 7 nitrogen and oxygen atoms in total. The maximum atomic E-state index is 14.1. The topological polar surface area (TPSA) is 92.3 Å². The Bertz CT molecular complexity index is 1200. The van der Waals surface area contributed by atoms with Crippen LogP contribution in [0.25, 0.3) is 0 Å². The van der Waals surface area contributed by atoms with Crippen molar-refractivity contribution in [2.24, 2.45) is 0 Å². The summed E-state index contributed by atoms with van der Waals surface area (Å²) in [4.78, 5) is 11.8. The van der Waals surface area contributed by atoms with Gasteiger partial charge in [0.25, 0.3) is 5.91 Å². The van der Waals surface area contributed by atoms with Gasteiger partial charge < -0.3 is 5.32 Å². The van der Waals surface area contributed by atoms with Crippen molar-refractivity contribution in [3.63, 3.8) is 0 Å². The van der Waals surface area contributed by atoms with Crippen LogP contribution in [-0.2, 0) is 10.0 Å². The van der Waals surface area contributed by atoms with Gasteiger partial charge in [-0.2, -0.15) is 4.31 Å². The Labute approximate surface area is 181 Å². The molecule has 3 aromatic rings. The molecule has 1 fully saturated rings. The van der Waals surface area contributed by atoms with E-state index in [1.807, 2.05) is 6.07 Å². The third kappa shape index (κ3) is 4.63. The van der Waals surface area contributed by atoms with Crippen LogP contribution in [-0.4, -0.2) is 41.9 Å². The molecular formula is C20H18F2N4O3S2. The molecular weight excluding hydrogens is 446 g/mol. The lowest BCUT2D eigenvalue weighted by molar-refractivity contribution is 0.102. The van der Waals surface area contributed by atoms with E-state index in [4.69, 9.17) is 0 Å². The van der Waals surface area contributed by atoms with Crippen molar-refractivity contribution in [3.8, 4) is 0 Å². The molecule has 0 bridgehead atoms. The minimum atomic E-state index is -4.13. The minimum absolute atomic E-state index is 0.0775. The lowest BCUT2D eigenvalue weighted by Gasteiger charge is -2.30. The highest BCUT2D eigenvalue weighted by molar-refractivity contribution is 7.89. The molecule has 1 aromatic heterocycles. The number of benzene rings is 2. The number of nitrogens with one attached hydrogen (secondary N) is 1. The summed E-state index contributed by atoms with van der Waals surface area (Å²) in [7, 11) is -4.13. The Kier molecular flexibility index (Phi) is 6.08. The summed E-state index contributed by atoms with van der Waals surface area (Å²) < 4.78 is 54.2. The molecule has 0 spiro atoms. The SMILES string of the molecule is O=C(Nc1ccccc1)c1nnc(C2CCCN(S(=O)(=O)c3ccc(F)cc3F)C2)s1. The number of carbonyl (C=O) groups excluding carboxylic acids is 1. The third-order valence-electron chi connectivity index (χ3n) is 4.91. The fourth-order valence-electron chi connectivity index (χ4n) is 3.38. The van der Waals surface area contributed by atoms with Crippen LogP contribution in [0.1, 0.15) is 33.6 Å². The summed E-state index contributed by atoms with van der Waals surface area (Å²) in [6.45, 7) is 0.296. The molecule has 1 saturated heterocycles. The van der Waals surface area contributed by atoms with Gasteiger partial charge in [-0.05, 0) is 37.1 Å². The van der Waals surface area contributed by atoms with Gasteiger partial charge in [0.2, 0.25) is 15.0 Å². The zero-order valence-corrected chi connectivity index (χ0v) is 17.8. The summed E-state index contributed by atoms with van der Waals surface area (Å²) in [6.07, 6.45) is 1.20. The van der Waals surface area contributed by atoms with Gasteiger partial charge in [-0.15, -0.1) is 10.2 Å². The number of nitrogens with zero attached hydrogens (tertiary/aromatic N) is 3. The fraction of sp³-hybridized carbons (Fsp3) is 0.250. The van der Waals surface area contributed by atoms with E-state index in [0.717, 1.165) is 23.5 Å². The van der Waals surface area contributed by atoms with Gasteiger partial charge in [-0.1, -0.05) is 29.5 Å². The summed E-state index contributed by atoms with van der Waals surface area (Å²) in [6, 6.07) is 11.3. The fourth-order valence-corrected chi connectivity index (χ4v) is 5.82. The van der Waals surface area contributed by atoms with Gasteiger partial charge in [0, 0.05) is 30.8 Å². The minimum Gasteiger partial charge on any atom is -0.320 e. The maximum Gasteiger partial charge on any atom is 0.286 e. The van der Waals surface area contributed by atoms with Gasteiger partial charge in [0.05, 0.1) is 0 Å². The standard InChI is InChI=1S/C20H18F2N4O3S2/c21-14-8-9-17(16(22)11-14)31(28,29)26-10-4-5-13(12-26)19-24-25-20(30-19)18(27)23-15-6-2-1-3-7-15/h1-3,6-9,11,13H,4-5,10,12H2,(H,23,27). The quantitative estimate of drug-likeness (QED) is 0.623. The van der Waals surface area contributed by atoms with Gasteiger partial charge in [-0.3, -0.25) is 4.79 Å². The number of aromatic nitrogens is 2. The molecule has 0 aliphatic carbocycles. The van der Waals surface area contributed by atoms with Crippen LogP contribution < -0.4 is 5.32 Å². The number of sulfonamides is 1. The average molecular weight is 465 g/mol. The summed E-state index contributed by atoms with van der Waals surface area (Å²) in [5.74, 6) is -2.65. The van der Waals surface area contributed by atoms with Crippen molar-refractivity contribution in [2.75, 3.05) is 18.4 Å². The molecule has 2 heterocycles. The highest BCUT2D eigenvalue weighted by Crippen LogP contribution is 2.32. The van der Waals surface area contributed by atoms with Gasteiger partial charge in [-0.25, -0.2) is 17.2 Å². The maximum absolute atomic E-state index is 14.1. The van der Waals surface area contributed by atoms with Gasteiger partial charge >= 0.3 is 0 Å². The second-order valence-electron chi connectivity index (χ2n) is 7.04. The highest BCUT2D eigenvalue weighted by atomic mass is 32.2. The Balaban J connectivity index is 1.49. The van der Waals surface area contributed by atoms with Crippen LogP contribution in [0.5, 0.6) is 0 Å². The lowest BCUT2D eigenvalue weighted by Crippen LogP contribution is -2.39. The predicted molar refractivity (Wildman–Crippen MR) is 111 cm³/mol. The first-order valence-electron chi connectivity index (χ1n) is 9.49. The van der Waals surface area contributed by atoms with E-state index in [9.17, 15) is 22.0 Å². The number of piperidine rings is 1. The van der Waals surface area contributed by atoms with Crippen molar-refractivity contribution < 1.29 is 22.0 Å². The largest absolute Gasteiger partial charge is 0.320 e. The van der Waals surface area contributed by atoms with E-state index in [0.29, 0.717) is 29.6 Å². The van der Waals surface area contributed by atoms with E-state index >= 15 is 0 Å². The molecule has 1 atom stereocenters. The first-order chi connectivity index (χ1) is 14.8. The summed E-state index contributed by atoms with van der Waals surface area (Å²) in [5, 5.41) is 11.5. The summed E-state index contributed by atoms with van der Waals surface area (Å²) in [5.41, 5.74) is 0.625. The average Bonchev–Trinajstić information content (AvgIpc) is 3.25. The number of rotatable bonds is 5. The van der Waals surface area contributed by atoms with Crippen LogP contribution >= 0.6 is 11.3 Å². The number of hydrogen-bond acceptors (Lipinski definition) is 6. The Hall–Kier alpha value is -2.76. The van der Waals surface area contributed by atoms with Crippen molar-refractivity contribution in [1.29, 1.82) is 0 Å². The monoisotopic (exact) mass is 464 g/mol. The summed E-state index contributed by atoms with van der Waals surface area (Å²) >= 11 is 1.10. The van der Waals surface area contributed by atoms with Crippen LogP contribution in [0.15, 0.2) is 53.4 Å². The number of carbonyl (C=O) groups is 1. The first kappa shape index (κ1) is 21.5. The zero-order valence-electron chi connectivity index (χ0n) is 16.2. The Morgan fingerprint density at radius 2 is 1.90 bits per heavy atom. The molecule has 0 radical (unpaired) electrons. The number of para-hydroxylation sites is 1. The van der Waals surface area contributed by atoms with E-state index in [1.165, 1.54) is 4.31 Å². The molecule has 2 aromatic carbocycles. The van der Waals surface area contributed by atoms with Gasteiger partial charge in [0.15, 0.2) is 0 Å². The number of halogens is 2. The molecule has 1 aliphatic rings. The van der Waals surface area contributed by atoms with E-state index in [1.54, 1.807) is 24.3 Å². The highest BCUT2D eigenvalue weighted by Gasteiger charge is 2.34. The molecule has 4 rings (SSSR count). The number of hydrogen-bond donors (Lipinski definition) is 1. The second kappa shape index (κ2) is 8.77. The van der Waals surface area contributed by atoms with Crippen LogP contribution in [0.4, 0.5) is 14.5 Å². The molecule has 11 heteroatoms. The lowest BCUT2D eigenvalue weighted by atomic mass is 10.0. The van der Waals surface area contributed by atoms with E-state index in [-0.39, 0.29) is 24.0 Å². The second-order valence-corrected chi connectivity index (χ2v) is 9.96. The number of anilines is 1. The van der Waals surface area contributed by atoms with Crippen LogP contribution in [0, 0.1) is 11.6 Å². The van der Waals surface area contributed by atoms with Crippen molar-refractivity contribution in [1.82, 2.24) is 14.5 Å². The molecule has 1 unspecified atom stereocenters. The van der Waals surface area contributed by atoms with Crippen molar-refractivity contribution in [2.45, 2.75) is 23.7 Å². The molecule has 162 valence electrons. The molecule has 31 heavy (non-hydrogen) atoms. The van der Waals surface area contributed by atoms with Crippen molar-refractivity contribution in [3.05, 3.63) is 70.2 Å². The molecule has 1 amide bonds.